The summed E-state index contributed by atoms with van der Waals surface area (Å²) in [6.07, 6.45) is 2.51. The predicted molar refractivity (Wildman–Crippen MR) is 63.4 cm³/mol. The zero-order valence-electron chi connectivity index (χ0n) is 8.28. The zero-order valence-corrected chi connectivity index (χ0v) is 9.04. The summed E-state index contributed by atoms with van der Waals surface area (Å²) in [6, 6.07) is 7.94. The molecule has 0 atom stereocenters. The monoisotopic (exact) mass is 221 g/mol. The van der Waals surface area contributed by atoms with E-state index in [0.717, 1.165) is 29.7 Å². The molecule has 1 heterocycles. The minimum atomic E-state index is 0.663. The summed E-state index contributed by atoms with van der Waals surface area (Å²) >= 11 is 5.61. The van der Waals surface area contributed by atoms with Crippen LogP contribution in [-0.4, -0.2) is 22.4 Å². The number of anilines is 1. The van der Waals surface area contributed by atoms with Gasteiger partial charge in [-0.1, -0.05) is 12.1 Å². The van der Waals surface area contributed by atoms with E-state index in [0.29, 0.717) is 5.88 Å². The van der Waals surface area contributed by atoms with Crippen molar-refractivity contribution in [3.05, 3.63) is 30.6 Å². The number of benzene rings is 1. The molecule has 0 fully saturated rings. The number of alkyl halides is 1. The summed E-state index contributed by atoms with van der Waals surface area (Å²) in [4.78, 5) is 8.41. The molecule has 4 heteroatoms. The minimum Gasteiger partial charge on any atom is -0.369 e. The second kappa shape index (κ2) is 4.94. The van der Waals surface area contributed by atoms with Crippen molar-refractivity contribution in [2.24, 2.45) is 0 Å². The van der Waals surface area contributed by atoms with Gasteiger partial charge in [0.15, 0.2) is 0 Å². The molecule has 2 aromatic rings. The number of nitrogens with one attached hydrogen (secondary N) is 1. The topological polar surface area (TPSA) is 37.8 Å². The number of nitrogens with zero attached hydrogens (tertiary/aromatic N) is 2. The fraction of sp³-hybridized carbons (Fsp3) is 0.273. The molecule has 0 unspecified atom stereocenters. The van der Waals surface area contributed by atoms with Crippen LogP contribution in [0.25, 0.3) is 10.9 Å². The van der Waals surface area contributed by atoms with Gasteiger partial charge in [0.1, 0.15) is 12.1 Å². The standard InChI is InChI=1S/C11H12ClN3/c12-6-3-7-13-11-9-4-1-2-5-10(9)14-8-15-11/h1-2,4-5,8H,3,6-7H2,(H,13,14,15). The van der Waals surface area contributed by atoms with E-state index in [1.165, 1.54) is 0 Å². The van der Waals surface area contributed by atoms with Crippen LogP contribution >= 0.6 is 11.6 Å². The predicted octanol–water partition coefficient (Wildman–Crippen LogP) is 2.67. The third-order valence-corrected chi connectivity index (χ3v) is 2.41. The van der Waals surface area contributed by atoms with Gasteiger partial charge in [0, 0.05) is 17.8 Å². The summed E-state index contributed by atoms with van der Waals surface area (Å²) in [5.41, 5.74) is 0.959. The Morgan fingerprint density at radius 1 is 1.20 bits per heavy atom. The quantitative estimate of drug-likeness (QED) is 0.637. The lowest BCUT2D eigenvalue weighted by atomic mass is 10.2. The first-order valence-electron chi connectivity index (χ1n) is 4.91. The molecule has 1 N–H and O–H groups in total. The van der Waals surface area contributed by atoms with Crippen molar-refractivity contribution in [2.75, 3.05) is 17.7 Å². The molecule has 0 saturated carbocycles. The average molecular weight is 222 g/mol. The maximum atomic E-state index is 5.61. The van der Waals surface area contributed by atoms with Gasteiger partial charge in [-0.15, -0.1) is 11.6 Å². The Hall–Kier alpha value is -1.35. The summed E-state index contributed by atoms with van der Waals surface area (Å²) in [5.74, 6) is 1.54. The molecule has 0 aliphatic rings. The molecule has 0 aliphatic heterocycles. The van der Waals surface area contributed by atoms with Crippen LogP contribution in [0.5, 0.6) is 0 Å². The first kappa shape index (κ1) is 10.2. The highest BCUT2D eigenvalue weighted by atomic mass is 35.5. The van der Waals surface area contributed by atoms with Crippen molar-refractivity contribution < 1.29 is 0 Å². The first-order valence-corrected chi connectivity index (χ1v) is 5.45. The Labute approximate surface area is 93.5 Å². The van der Waals surface area contributed by atoms with E-state index in [2.05, 4.69) is 15.3 Å². The number of aromatic nitrogens is 2. The van der Waals surface area contributed by atoms with Gasteiger partial charge in [0.05, 0.1) is 5.52 Å². The minimum absolute atomic E-state index is 0.663. The lowest BCUT2D eigenvalue weighted by molar-refractivity contribution is 0.976. The van der Waals surface area contributed by atoms with Gasteiger partial charge in [-0.05, 0) is 18.6 Å². The molecule has 0 spiro atoms. The van der Waals surface area contributed by atoms with Crippen molar-refractivity contribution >= 4 is 28.3 Å². The van der Waals surface area contributed by atoms with Gasteiger partial charge in [-0.3, -0.25) is 0 Å². The normalized spacial score (nSPS) is 10.5. The second-order valence-electron chi connectivity index (χ2n) is 3.21. The SMILES string of the molecule is ClCCCNc1ncnc2ccccc12. The fourth-order valence-electron chi connectivity index (χ4n) is 1.42. The summed E-state index contributed by atoms with van der Waals surface area (Å²) in [7, 11) is 0. The third kappa shape index (κ3) is 2.36. The van der Waals surface area contributed by atoms with E-state index in [-0.39, 0.29) is 0 Å². The number of hydrogen-bond acceptors (Lipinski definition) is 3. The molecule has 78 valence electrons. The third-order valence-electron chi connectivity index (χ3n) is 2.15. The van der Waals surface area contributed by atoms with E-state index in [9.17, 15) is 0 Å². The Morgan fingerprint density at radius 2 is 2.07 bits per heavy atom. The fourth-order valence-corrected chi connectivity index (χ4v) is 1.55. The highest BCUT2D eigenvalue weighted by molar-refractivity contribution is 6.17. The van der Waals surface area contributed by atoms with Crippen LogP contribution in [0.1, 0.15) is 6.42 Å². The van der Waals surface area contributed by atoms with E-state index in [1.807, 2.05) is 24.3 Å². The summed E-state index contributed by atoms with van der Waals surface area (Å²) < 4.78 is 0. The van der Waals surface area contributed by atoms with Gasteiger partial charge in [-0.25, -0.2) is 9.97 Å². The Balaban J connectivity index is 2.26. The number of hydrogen-bond donors (Lipinski definition) is 1. The molecule has 0 amide bonds. The van der Waals surface area contributed by atoms with Gasteiger partial charge in [0.2, 0.25) is 0 Å². The van der Waals surface area contributed by atoms with E-state index in [1.54, 1.807) is 6.33 Å². The van der Waals surface area contributed by atoms with Gasteiger partial charge in [-0.2, -0.15) is 0 Å². The lowest BCUT2D eigenvalue weighted by Gasteiger charge is -2.06. The number of fused-ring (bicyclic) bond motifs is 1. The van der Waals surface area contributed by atoms with Crippen LogP contribution in [0.4, 0.5) is 5.82 Å². The number of para-hydroxylation sites is 1. The van der Waals surface area contributed by atoms with Crippen molar-refractivity contribution in [1.29, 1.82) is 0 Å². The van der Waals surface area contributed by atoms with Crippen LogP contribution < -0.4 is 5.32 Å². The van der Waals surface area contributed by atoms with E-state index < -0.39 is 0 Å². The summed E-state index contributed by atoms with van der Waals surface area (Å²) in [5, 5.41) is 4.30. The van der Waals surface area contributed by atoms with Crippen molar-refractivity contribution in [1.82, 2.24) is 9.97 Å². The molecule has 0 radical (unpaired) electrons. The van der Waals surface area contributed by atoms with Crippen molar-refractivity contribution in [3.8, 4) is 0 Å². The highest BCUT2D eigenvalue weighted by Gasteiger charge is 2.00. The smallest absolute Gasteiger partial charge is 0.137 e. The van der Waals surface area contributed by atoms with Gasteiger partial charge in [0.25, 0.3) is 0 Å². The van der Waals surface area contributed by atoms with Crippen molar-refractivity contribution in [2.45, 2.75) is 6.42 Å². The van der Waals surface area contributed by atoms with Crippen LogP contribution in [0, 0.1) is 0 Å². The van der Waals surface area contributed by atoms with E-state index in [4.69, 9.17) is 11.6 Å². The largest absolute Gasteiger partial charge is 0.369 e. The molecule has 1 aromatic heterocycles. The molecule has 0 aliphatic carbocycles. The average Bonchev–Trinajstić information content (AvgIpc) is 2.30. The number of rotatable bonds is 4. The van der Waals surface area contributed by atoms with Crippen LogP contribution in [0.2, 0.25) is 0 Å². The summed E-state index contributed by atoms with van der Waals surface area (Å²) in [6.45, 7) is 0.838. The Kier molecular flexibility index (Phi) is 3.35. The Bertz CT molecular complexity index is 439. The van der Waals surface area contributed by atoms with Gasteiger partial charge < -0.3 is 5.32 Å². The molecular weight excluding hydrogens is 210 g/mol. The highest BCUT2D eigenvalue weighted by Crippen LogP contribution is 2.17. The van der Waals surface area contributed by atoms with Crippen LogP contribution in [-0.2, 0) is 0 Å². The molecule has 1 aromatic carbocycles. The van der Waals surface area contributed by atoms with Crippen molar-refractivity contribution in [3.63, 3.8) is 0 Å². The molecule has 2 rings (SSSR count). The maximum absolute atomic E-state index is 5.61. The Morgan fingerprint density at radius 3 is 2.93 bits per heavy atom. The zero-order chi connectivity index (χ0) is 10.5. The molecule has 0 saturated heterocycles. The molecule has 0 bridgehead atoms. The van der Waals surface area contributed by atoms with Gasteiger partial charge >= 0.3 is 0 Å². The van der Waals surface area contributed by atoms with E-state index >= 15 is 0 Å². The first-order chi connectivity index (χ1) is 7.42. The lowest BCUT2D eigenvalue weighted by Crippen LogP contribution is -2.04. The molecule has 3 nitrogen and oxygen atoms in total. The van der Waals surface area contributed by atoms with Crippen LogP contribution in [0.15, 0.2) is 30.6 Å². The molecule has 15 heavy (non-hydrogen) atoms. The van der Waals surface area contributed by atoms with Crippen LogP contribution in [0.3, 0.4) is 0 Å². The number of halogens is 1. The maximum Gasteiger partial charge on any atom is 0.137 e. The second-order valence-corrected chi connectivity index (χ2v) is 3.59. The molecular formula is C11H12ClN3.